The zero-order chi connectivity index (χ0) is 23.7. The Labute approximate surface area is 197 Å². The molecule has 4 heterocycles. The molecule has 0 amide bonds. The normalized spacial score (nSPS) is 16.4. The Balaban J connectivity index is 1.45. The number of anilines is 1. The molecule has 0 spiro atoms. The van der Waals surface area contributed by atoms with E-state index in [1.807, 2.05) is 48.1 Å². The second kappa shape index (κ2) is 9.37. The first-order chi connectivity index (χ1) is 16.5. The maximum absolute atomic E-state index is 12.9. The Morgan fingerprint density at radius 2 is 1.88 bits per heavy atom. The Morgan fingerprint density at radius 1 is 1.09 bits per heavy atom. The molecular formula is C26H27F2N5O. The van der Waals surface area contributed by atoms with Crippen molar-refractivity contribution in [2.75, 3.05) is 18.0 Å². The number of aromatic nitrogens is 4. The molecule has 3 aromatic heterocycles. The number of aryl methyl sites for hydroxylation is 1. The van der Waals surface area contributed by atoms with Gasteiger partial charge in [-0.2, -0.15) is 8.78 Å². The summed E-state index contributed by atoms with van der Waals surface area (Å²) in [5.41, 5.74) is 5.11. The van der Waals surface area contributed by atoms with E-state index in [1.54, 1.807) is 18.2 Å². The molecule has 1 atom stereocenters. The predicted molar refractivity (Wildman–Crippen MR) is 127 cm³/mol. The summed E-state index contributed by atoms with van der Waals surface area (Å²) in [5.74, 6) is 1.60. The molecule has 6 nitrogen and oxygen atoms in total. The first-order valence-electron chi connectivity index (χ1n) is 11.6. The van der Waals surface area contributed by atoms with Crippen molar-refractivity contribution in [3.05, 3.63) is 71.9 Å². The van der Waals surface area contributed by atoms with Gasteiger partial charge in [0.15, 0.2) is 0 Å². The van der Waals surface area contributed by atoms with Gasteiger partial charge in [-0.15, -0.1) is 0 Å². The number of hydrogen-bond donors (Lipinski definition) is 0. The Hall–Kier alpha value is -3.55. The van der Waals surface area contributed by atoms with Crippen molar-refractivity contribution < 1.29 is 13.5 Å². The summed E-state index contributed by atoms with van der Waals surface area (Å²) in [6.07, 6.45) is 8.55. The molecule has 0 aliphatic carbocycles. The largest absolute Gasteiger partial charge is 0.435 e. The Bertz CT molecular complexity index is 1290. The second-order valence-electron chi connectivity index (χ2n) is 8.92. The lowest BCUT2D eigenvalue weighted by Gasteiger charge is -2.30. The number of para-hydroxylation sites is 1. The van der Waals surface area contributed by atoms with Gasteiger partial charge in [-0.1, -0.05) is 25.1 Å². The molecule has 5 rings (SSSR count). The highest BCUT2D eigenvalue weighted by Gasteiger charge is 2.19. The van der Waals surface area contributed by atoms with Gasteiger partial charge in [0.1, 0.15) is 11.4 Å². The van der Waals surface area contributed by atoms with E-state index in [2.05, 4.69) is 26.8 Å². The van der Waals surface area contributed by atoms with E-state index >= 15 is 0 Å². The van der Waals surface area contributed by atoms with E-state index in [9.17, 15) is 8.78 Å². The zero-order valence-corrected chi connectivity index (χ0v) is 19.3. The minimum atomic E-state index is -2.87. The van der Waals surface area contributed by atoms with Gasteiger partial charge in [-0.3, -0.25) is 0 Å². The fourth-order valence-electron chi connectivity index (χ4n) is 4.64. The quantitative estimate of drug-likeness (QED) is 0.376. The van der Waals surface area contributed by atoms with Gasteiger partial charge in [0, 0.05) is 60.5 Å². The van der Waals surface area contributed by atoms with Gasteiger partial charge in [0.2, 0.25) is 5.95 Å². The molecule has 1 aliphatic rings. The van der Waals surface area contributed by atoms with Crippen molar-refractivity contribution >= 4 is 11.6 Å². The maximum Gasteiger partial charge on any atom is 0.387 e. The van der Waals surface area contributed by atoms with Gasteiger partial charge in [-0.25, -0.2) is 15.0 Å². The SMILES string of the molecule is Cc1nc2ccc(-c3cnc(N4CCCC(C)C4)nc3)cn2c1Cc1ccccc1OC(F)F. The van der Waals surface area contributed by atoms with Crippen molar-refractivity contribution in [2.45, 2.75) is 39.7 Å². The summed E-state index contributed by atoms with van der Waals surface area (Å²) >= 11 is 0. The average molecular weight is 464 g/mol. The molecule has 0 bridgehead atoms. The molecule has 1 aromatic carbocycles. The molecular weight excluding hydrogens is 436 g/mol. The topological polar surface area (TPSA) is 55.6 Å². The maximum atomic E-state index is 12.9. The van der Waals surface area contributed by atoms with Gasteiger partial charge >= 0.3 is 6.61 Å². The van der Waals surface area contributed by atoms with Gasteiger partial charge < -0.3 is 14.0 Å². The summed E-state index contributed by atoms with van der Waals surface area (Å²) < 4.78 is 32.5. The van der Waals surface area contributed by atoms with Crippen molar-refractivity contribution in [1.82, 2.24) is 19.4 Å². The molecule has 4 aromatic rings. The molecule has 34 heavy (non-hydrogen) atoms. The van der Waals surface area contributed by atoms with Crippen LogP contribution in [0.25, 0.3) is 16.8 Å². The molecule has 1 aliphatic heterocycles. The molecule has 1 fully saturated rings. The van der Waals surface area contributed by atoms with Gasteiger partial charge in [-0.05, 0) is 43.9 Å². The van der Waals surface area contributed by atoms with Crippen molar-refractivity contribution in [2.24, 2.45) is 5.92 Å². The molecule has 0 radical (unpaired) electrons. The summed E-state index contributed by atoms with van der Waals surface area (Å²) in [7, 11) is 0. The Morgan fingerprint density at radius 3 is 2.65 bits per heavy atom. The monoisotopic (exact) mass is 463 g/mol. The van der Waals surface area contributed by atoms with E-state index in [1.165, 1.54) is 6.42 Å². The first kappa shape index (κ1) is 22.3. The number of hydrogen-bond acceptors (Lipinski definition) is 5. The van der Waals surface area contributed by atoms with E-state index in [0.29, 0.717) is 17.9 Å². The lowest BCUT2D eigenvalue weighted by molar-refractivity contribution is -0.0503. The lowest BCUT2D eigenvalue weighted by Crippen LogP contribution is -2.35. The standard InChI is InChI=1S/C26H27F2N5O/c1-17-6-5-11-32(15-17)26-29-13-21(14-30-26)20-9-10-24-31-18(2)22(33(24)16-20)12-19-7-3-4-8-23(19)34-25(27)28/h3-4,7-10,13-14,16-17,25H,5-6,11-12,15H2,1-2H3. The first-order valence-corrected chi connectivity index (χ1v) is 11.6. The number of nitrogens with zero attached hydrogens (tertiary/aromatic N) is 5. The number of halogens is 2. The number of fused-ring (bicyclic) bond motifs is 1. The van der Waals surface area contributed by atoms with Crippen LogP contribution in [0, 0.1) is 12.8 Å². The number of benzene rings is 1. The number of ether oxygens (including phenoxy) is 1. The number of alkyl halides is 2. The zero-order valence-electron chi connectivity index (χ0n) is 19.3. The fourth-order valence-corrected chi connectivity index (χ4v) is 4.64. The average Bonchev–Trinajstić information content (AvgIpc) is 3.14. The minimum absolute atomic E-state index is 0.180. The summed E-state index contributed by atoms with van der Waals surface area (Å²) in [5, 5.41) is 0. The highest BCUT2D eigenvalue weighted by molar-refractivity contribution is 5.64. The molecule has 8 heteroatoms. The third-order valence-electron chi connectivity index (χ3n) is 6.38. The Kier molecular flexibility index (Phi) is 6.13. The van der Waals surface area contributed by atoms with E-state index in [-0.39, 0.29) is 5.75 Å². The number of piperidine rings is 1. The van der Waals surface area contributed by atoms with Crippen molar-refractivity contribution in [3.8, 4) is 16.9 Å². The summed E-state index contributed by atoms with van der Waals surface area (Å²) in [6.45, 7) is 3.30. The van der Waals surface area contributed by atoms with Crippen molar-refractivity contribution in [1.29, 1.82) is 0 Å². The molecule has 1 unspecified atom stereocenters. The van der Waals surface area contributed by atoms with Crippen LogP contribution in [-0.4, -0.2) is 39.1 Å². The minimum Gasteiger partial charge on any atom is -0.435 e. The smallest absolute Gasteiger partial charge is 0.387 e. The highest BCUT2D eigenvalue weighted by Crippen LogP contribution is 2.27. The molecule has 1 saturated heterocycles. The highest BCUT2D eigenvalue weighted by atomic mass is 19.3. The molecule has 0 N–H and O–H groups in total. The van der Waals surface area contributed by atoms with E-state index in [4.69, 9.17) is 4.74 Å². The number of pyridine rings is 1. The third kappa shape index (κ3) is 4.58. The van der Waals surface area contributed by atoms with Crippen LogP contribution in [0.5, 0.6) is 5.75 Å². The van der Waals surface area contributed by atoms with Crippen LogP contribution in [0.2, 0.25) is 0 Å². The fraction of sp³-hybridized carbons (Fsp3) is 0.346. The number of imidazole rings is 1. The van der Waals surface area contributed by atoms with Crippen LogP contribution in [0.1, 0.15) is 36.7 Å². The van der Waals surface area contributed by atoms with Crippen LogP contribution in [0.4, 0.5) is 14.7 Å². The third-order valence-corrected chi connectivity index (χ3v) is 6.38. The van der Waals surface area contributed by atoms with Crippen LogP contribution in [-0.2, 0) is 6.42 Å². The predicted octanol–water partition coefficient (Wildman–Crippen LogP) is 5.53. The summed E-state index contributed by atoms with van der Waals surface area (Å²) in [4.78, 5) is 16.2. The van der Waals surface area contributed by atoms with Crippen LogP contribution >= 0.6 is 0 Å². The molecule has 0 saturated carbocycles. The van der Waals surface area contributed by atoms with Gasteiger partial charge in [0.25, 0.3) is 0 Å². The summed E-state index contributed by atoms with van der Waals surface area (Å²) in [6, 6.07) is 10.8. The van der Waals surface area contributed by atoms with Crippen LogP contribution in [0.15, 0.2) is 55.0 Å². The van der Waals surface area contributed by atoms with E-state index < -0.39 is 6.61 Å². The second-order valence-corrected chi connectivity index (χ2v) is 8.92. The van der Waals surface area contributed by atoms with E-state index in [0.717, 1.165) is 53.6 Å². The van der Waals surface area contributed by atoms with Crippen LogP contribution in [0.3, 0.4) is 0 Å². The number of rotatable bonds is 6. The van der Waals surface area contributed by atoms with Crippen molar-refractivity contribution in [3.63, 3.8) is 0 Å². The lowest BCUT2D eigenvalue weighted by atomic mass is 10.0. The van der Waals surface area contributed by atoms with Gasteiger partial charge in [0.05, 0.1) is 5.69 Å². The molecule has 176 valence electrons. The van der Waals surface area contributed by atoms with Crippen LogP contribution < -0.4 is 9.64 Å².